The van der Waals surface area contributed by atoms with E-state index in [9.17, 15) is 0 Å². The molecule has 0 atom stereocenters. The monoisotopic (exact) mass is 493 g/mol. The molecular formula is C35H31NSi. The van der Waals surface area contributed by atoms with Crippen LogP contribution in [-0.4, -0.2) is 9.52 Å². The highest BCUT2D eigenvalue weighted by molar-refractivity contribution is 6.56. The second kappa shape index (κ2) is 9.88. The van der Waals surface area contributed by atoms with Gasteiger partial charge in [-0.05, 0) is 58.8 Å². The van der Waals surface area contributed by atoms with Crippen LogP contribution in [-0.2, 0) is 5.04 Å². The van der Waals surface area contributed by atoms with Crippen molar-refractivity contribution in [3.05, 3.63) is 133 Å². The smallest absolute Gasteiger partial charge is 0.0931 e. The van der Waals surface area contributed by atoms with Gasteiger partial charge in [0.2, 0.25) is 0 Å². The van der Waals surface area contributed by atoms with Crippen LogP contribution >= 0.6 is 0 Å². The molecule has 0 saturated carbocycles. The Morgan fingerprint density at radius 3 is 1.49 bits per heavy atom. The lowest BCUT2D eigenvalue weighted by Gasteiger charge is -2.33. The number of para-hydroxylation sites is 2. The van der Waals surface area contributed by atoms with Crippen molar-refractivity contribution in [2.75, 3.05) is 4.90 Å². The quantitative estimate of drug-likeness (QED) is 0.209. The lowest BCUT2D eigenvalue weighted by molar-refractivity contribution is 0.560. The Labute approximate surface area is 223 Å². The van der Waals surface area contributed by atoms with Crippen LogP contribution in [0.3, 0.4) is 0 Å². The predicted octanol–water partition coefficient (Wildman–Crippen LogP) is 8.85. The maximum atomic E-state index is 2.44. The first-order valence-corrected chi connectivity index (χ1v) is 14.3. The van der Waals surface area contributed by atoms with Gasteiger partial charge in [-0.25, -0.2) is 0 Å². The minimum atomic E-state index is 0.157. The van der Waals surface area contributed by atoms with Crippen molar-refractivity contribution >= 4 is 31.8 Å². The van der Waals surface area contributed by atoms with E-state index < -0.39 is 0 Å². The molecule has 37 heavy (non-hydrogen) atoms. The van der Waals surface area contributed by atoms with E-state index in [1.165, 1.54) is 50.1 Å². The summed E-state index contributed by atoms with van der Waals surface area (Å²) >= 11 is 0. The van der Waals surface area contributed by atoms with Gasteiger partial charge >= 0.3 is 0 Å². The summed E-state index contributed by atoms with van der Waals surface area (Å²) in [4.78, 5) is 2.44. The molecule has 2 radical (unpaired) electrons. The molecule has 0 N–H and O–H groups in total. The van der Waals surface area contributed by atoms with Gasteiger partial charge in [-0.15, -0.1) is 0 Å². The maximum absolute atomic E-state index is 2.44. The van der Waals surface area contributed by atoms with E-state index in [0.29, 0.717) is 0 Å². The Morgan fingerprint density at radius 1 is 0.514 bits per heavy atom. The Hall–Kier alpha value is -3.88. The molecule has 1 nitrogen and oxygen atoms in total. The fourth-order valence-electron chi connectivity index (χ4n) is 5.79. The summed E-state index contributed by atoms with van der Waals surface area (Å²) < 4.78 is 0. The Morgan fingerprint density at radius 2 is 0.973 bits per heavy atom. The Kier molecular flexibility index (Phi) is 6.28. The van der Waals surface area contributed by atoms with Gasteiger partial charge < -0.3 is 4.90 Å². The van der Waals surface area contributed by atoms with E-state index in [-0.39, 0.29) is 5.04 Å². The number of benzene rings is 5. The lowest BCUT2D eigenvalue weighted by atomic mass is 9.92. The van der Waals surface area contributed by atoms with Crippen LogP contribution in [0.5, 0.6) is 0 Å². The van der Waals surface area contributed by atoms with Gasteiger partial charge in [-0.2, -0.15) is 0 Å². The molecule has 180 valence electrons. The molecule has 0 amide bonds. The predicted molar refractivity (Wildman–Crippen MR) is 160 cm³/mol. The van der Waals surface area contributed by atoms with E-state index in [4.69, 9.17) is 0 Å². The standard InChI is InChI=1S/C35H31NSi/c1-3-35(4-2,37-28-14-6-5-7-15-28)26-22-24-27(25-23-26)36-33-20-12-10-18-31(33)29-16-8-9-17-30(29)32-19-11-13-21-34(32)36/h5-25H,3-4H2,1-2H3. The first-order chi connectivity index (χ1) is 18.2. The number of anilines is 3. The summed E-state index contributed by atoms with van der Waals surface area (Å²) in [6.45, 7) is 4.68. The van der Waals surface area contributed by atoms with E-state index in [1.807, 2.05) is 0 Å². The highest BCUT2D eigenvalue weighted by Crippen LogP contribution is 2.50. The second-order valence-corrected chi connectivity index (χ2v) is 11.5. The van der Waals surface area contributed by atoms with E-state index in [0.717, 1.165) is 22.4 Å². The molecule has 5 aromatic rings. The zero-order valence-corrected chi connectivity index (χ0v) is 22.5. The van der Waals surface area contributed by atoms with Gasteiger partial charge in [0.15, 0.2) is 0 Å². The fourth-order valence-corrected chi connectivity index (χ4v) is 7.36. The zero-order valence-electron chi connectivity index (χ0n) is 21.5. The summed E-state index contributed by atoms with van der Waals surface area (Å²) in [6.07, 6.45) is 2.25. The third-order valence-corrected chi connectivity index (χ3v) is 9.94. The molecule has 0 unspecified atom stereocenters. The number of hydrogen-bond acceptors (Lipinski definition) is 1. The van der Waals surface area contributed by atoms with Gasteiger partial charge in [0, 0.05) is 16.8 Å². The van der Waals surface area contributed by atoms with Crippen molar-refractivity contribution in [1.29, 1.82) is 0 Å². The van der Waals surface area contributed by atoms with Crippen LogP contribution in [0.2, 0.25) is 0 Å². The maximum Gasteiger partial charge on any atom is 0.0931 e. The molecule has 0 spiro atoms. The molecule has 0 aromatic heterocycles. The van der Waals surface area contributed by atoms with E-state index >= 15 is 0 Å². The number of nitrogens with zero attached hydrogens (tertiary/aromatic N) is 1. The number of rotatable bonds is 6. The summed E-state index contributed by atoms with van der Waals surface area (Å²) in [5, 5.41) is 1.59. The summed E-state index contributed by atoms with van der Waals surface area (Å²) in [7, 11) is 0.751. The van der Waals surface area contributed by atoms with Crippen LogP contribution in [0.4, 0.5) is 17.1 Å². The highest BCUT2D eigenvalue weighted by atomic mass is 28.2. The first-order valence-electron chi connectivity index (χ1n) is 13.3. The molecule has 0 fully saturated rings. The molecule has 6 rings (SSSR count). The fraction of sp³-hybridized carbons (Fsp3) is 0.143. The van der Waals surface area contributed by atoms with Gasteiger partial charge in [0.05, 0.1) is 20.9 Å². The third-order valence-electron chi connectivity index (χ3n) is 7.84. The molecule has 5 aromatic carbocycles. The first kappa shape index (κ1) is 23.5. The largest absolute Gasteiger partial charge is 0.309 e. The van der Waals surface area contributed by atoms with E-state index in [2.05, 4.69) is 146 Å². The molecule has 0 saturated heterocycles. The topological polar surface area (TPSA) is 3.24 Å². The summed E-state index contributed by atoms with van der Waals surface area (Å²) in [5.41, 5.74) is 10.2. The SMILES string of the molecule is CCC(CC)([Si]c1ccccc1)c1ccc(N2c3ccccc3-c3ccccc3-c3ccccc32)cc1. The van der Waals surface area contributed by atoms with Crippen LogP contribution < -0.4 is 10.1 Å². The minimum absolute atomic E-state index is 0.157. The normalized spacial score (nSPS) is 12.3. The molecule has 1 heterocycles. The van der Waals surface area contributed by atoms with E-state index in [1.54, 1.807) is 0 Å². The summed E-state index contributed by atoms with van der Waals surface area (Å²) in [5.74, 6) is 0. The van der Waals surface area contributed by atoms with Gasteiger partial charge in [0.25, 0.3) is 0 Å². The molecule has 1 aliphatic heterocycles. The number of hydrogen-bond donors (Lipinski definition) is 0. The Balaban J connectivity index is 1.48. The van der Waals surface area contributed by atoms with Crippen molar-refractivity contribution in [2.45, 2.75) is 31.7 Å². The number of fused-ring (bicyclic) bond motifs is 5. The average molecular weight is 494 g/mol. The molecule has 2 heteroatoms. The van der Waals surface area contributed by atoms with Crippen LogP contribution in [0.25, 0.3) is 22.3 Å². The molecular weight excluding hydrogens is 462 g/mol. The minimum Gasteiger partial charge on any atom is -0.309 e. The third kappa shape index (κ3) is 4.12. The zero-order chi connectivity index (χ0) is 25.2. The molecule has 0 aliphatic carbocycles. The van der Waals surface area contributed by atoms with Crippen molar-refractivity contribution in [1.82, 2.24) is 0 Å². The van der Waals surface area contributed by atoms with Crippen molar-refractivity contribution in [3.8, 4) is 22.3 Å². The lowest BCUT2D eigenvalue weighted by Crippen LogP contribution is -2.39. The average Bonchev–Trinajstić information content (AvgIpc) is 3.10. The van der Waals surface area contributed by atoms with Crippen LogP contribution in [0.1, 0.15) is 32.3 Å². The van der Waals surface area contributed by atoms with Gasteiger partial charge in [-0.3, -0.25) is 0 Å². The highest BCUT2D eigenvalue weighted by Gasteiger charge is 2.31. The van der Waals surface area contributed by atoms with Crippen molar-refractivity contribution in [2.24, 2.45) is 0 Å². The van der Waals surface area contributed by atoms with Gasteiger partial charge in [-0.1, -0.05) is 122 Å². The second-order valence-electron chi connectivity index (χ2n) is 9.74. The Bertz CT molecular complexity index is 1450. The van der Waals surface area contributed by atoms with Crippen LogP contribution in [0, 0.1) is 0 Å². The van der Waals surface area contributed by atoms with Crippen molar-refractivity contribution in [3.63, 3.8) is 0 Å². The van der Waals surface area contributed by atoms with Gasteiger partial charge in [0.1, 0.15) is 0 Å². The molecule has 0 bridgehead atoms. The summed E-state index contributed by atoms with van der Waals surface area (Å²) in [6, 6.07) is 46.8. The van der Waals surface area contributed by atoms with Crippen LogP contribution in [0.15, 0.2) is 127 Å². The van der Waals surface area contributed by atoms with Crippen molar-refractivity contribution < 1.29 is 0 Å². The molecule has 1 aliphatic rings.